The summed E-state index contributed by atoms with van der Waals surface area (Å²) >= 11 is 0. The lowest BCUT2D eigenvalue weighted by Gasteiger charge is -2.22. The van der Waals surface area contributed by atoms with E-state index in [0.717, 1.165) is 292 Å². The highest BCUT2D eigenvalue weighted by Crippen LogP contribution is 2.43. The van der Waals surface area contributed by atoms with E-state index >= 15 is 0 Å². The zero-order valence-corrected chi connectivity index (χ0v) is 70.8. The lowest BCUT2D eigenvalue weighted by Crippen LogP contribution is -2.25. The predicted octanol–water partition coefficient (Wildman–Crippen LogP) is 26.0. The zero-order valence-electron chi connectivity index (χ0n) is 70.8. The third-order valence-corrected chi connectivity index (χ3v) is 23.5. The van der Waals surface area contributed by atoms with Gasteiger partial charge in [0.05, 0.1) is 52.9 Å². The molecule has 0 bridgehead atoms. The van der Waals surface area contributed by atoms with E-state index in [-0.39, 0.29) is 0 Å². The van der Waals surface area contributed by atoms with Gasteiger partial charge in [0.15, 0.2) is 46.0 Å². The second kappa shape index (κ2) is 49.3. The summed E-state index contributed by atoms with van der Waals surface area (Å²) in [7, 11) is 0. The fraction of sp³-hybridized carbons (Fsp3) is 0.640. The van der Waals surface area contributed by atoms with E-state index in [1.807, 2.05) is 0 Å². The van der Waals surface area contributed by atoms with Crippen LogP contribution in [0.1, 0.15) is 316 Å². The normalized spacial score (nSPS) is 14.0. The molecular weight excluding hydrogens is 1330 g/mol. The average Bonchev–Trinajstić information content (AvgIpc) is 0.741. The number of ether oxygens (including phenoxy) is 8. The van der Waals surface area contributed by atoms with Crippen LogP contribution >= 0.6 is 0 Å². The molecule has 1 aliphatic rings. The van der Waals surface area contributed by atoms with E-state index < -0.39 is 0 Å². The van der Waals surface area contributed by atoms with Crippen molar-refractivity contribution >= 4 is 66.0 Å². The maximum Gasteiger partial charge on any atom is 0.161 e. The van der Waals surface area contributed by atoms with Crippen molar-refractivity contribution in [3.8, 4) is 46.0 Å². The maximum absolute atomic E-state index is 7.13. The highest BCUT2D eigenvalue weighted by molar-refractivity contribution is 6.11. The molecular formula is C100H144O8. The smallest absolute Gasteiger partial charge is 0.161 e. The topological polar surface area (TPSA) is 73.8 Å². The minimum atomic E-state index is 0.392. The molecule has 6 aromatic carbocycles. The summed E-state index contributed by atoms with van der Waals surface area (Å²) in [5.74, 6) is 9.00. The summed E-state index contributed by atoms with van der Waals surface area (Å²) in [6.07, 6.45) is 35.5. The Hall–Kier alpha value is -7.00. The molecule has 0 saturated carbocycles. The molecule has 0 radical (unpaired) electrons. The van der Waals surface area contributed by atoms with E-state index in [1.165, 1.54) is 0 Å². The van der Waals surface area contributed by atoms with Gasteiger partial charge in [0, 0.05) is 42.4 Å². The van der Waals surface area contributed by atoms with E-state index in [1.54, 1.807) is 0 Å². The van der Waals surface area contributed by atoms with Crippen molar-refractivity contribution in [1.82, 2.24) is 0 Å². The molecule has 0 N–H and O–H groups in total. The lowest BCUT2D eigenvalue weighted by atomic mass is 9.96. The van der Waals surface area contributed by atoms with Crippen LogP contribution in [0.5, 0.6) is 46.0 Å². The van der Waals surface area contributed by atoms with Gasteiger partial charge in [-0.3, -0.25) is 0 Å². The first-order chi connectivity index (χ1) is 52.9. The number of rotatable bonds is 56. The Balaban J connectivity index is 1.75. The Bertz CT molecular complexity index is 3700. The molecule has 0 amide bonds. The van der Waals surface area contributed by atoms with E-state index in [9.17, 15) is 0 Å². The van der Waals surface area contributed by atoms with Crippen LogP contribution in [0, 0.1) is 47.3 Å². The molecule has 6 aromatic rings. The minimum absolute atomic E-state index is 0.392. The molecule has 7 rings (SSSR count). The van der Waals surface area contributed by atoms with Crippen molar-refractivity contribution in [2.24, 2.45) is 47.3 Å². The quantitative estimate of drug-likeness (QED) is 0.0276. The molecule has 8 nitrogen and oxygen atoms in total. The minimum Gasteiger partial charge on any atom is -0.489 e. The molecule has 8 unspecified atom stereocenters. The summed E-state index contributed by atoms with van der Waals surface area (Å²) in [6, 6.07) is 17.7. The predicted molar refractivity (Wildman–Crippen MR) is 460 cm³/mol. The Kier molecular flexibility index (Phi) is 40.3. The Morgan fingerprint density at radius 1 is 0.194 bits per heavy atom. The van der Waals surface area contributed by atoms with Gasteiger partial charge in [-0.1, -0.05) is 288 Å². The summed E-state index contributed by atoms with van der Waals surface area (Å²) < 4.78 is 57.0. The van der Waals surface area contributed by atoms with Gasteiger partial charge in [-0.25, -0.2) is 0 Å². The number of benzene rings is 6. The maximum atomic E-state index is 7.13. The van der Waals surface area contributed by atoms with Crippen LogP contribution in [-0.4, -0.2) is 52.9 Å². The number of unbranched alkanes of at least 4 members (excludes halogenated alkanes) is 8. The van der Waals surface area contributed by atoms with E-state index in [2.05, 4.69) is 205 Å². The molecule has 0 fully saturated rings. The zero-order chi connectivity index (χ0) is 77.4. The number of fused-ring (bicyclic) bond motifs is 12. The van der Waals surface area contributed by atoms with Crippen LogP contribution in [0.15, 0.2) is 71.5 Å². The molecule has 8 atom stereocenters. The third kappa shape index (κ3) is 26.1. The molecule has 0 aliphatic heterocycles. The van der Waals surface area contributed by atoms with Crippen molar-refractivity contribution < 1.29 is 37.9 Å². The van der Waals surface area contributed by atoms with Gasteiger partial charge in [-0.15, -0.1) is 0 Å². The SMILES string of the molecule is CCCCC(CC)COc1cc2c3c(c4cc(OCC(CC)CCCC)c(OCC(CC)CCCC)cc4c2cc1OCC(CC)CCCC)=C=C=C=C=c1c(c2cc(OCC(CC)CCCC)c(OCC(CC)CCCC)cc2c2cc(OCC(CC)CCCC)c(OCC(CC)CCCC)cc12)=C=C=C=C=3. The second-order valence-electron chi connectivity index (χ2n) is 31.7. The molecule has 0 aromatic heterocycles. The second-order valence-corrected chi connectivity index (χ2v) is 31.7. The van der Waals surface area contributed by atoms with Crippen LogP contribution < -0.4 is 58.8 Å². The summed E-state index contributed by atoms with van der Waals surface area (Å²) in [5.41, 5.74) is 29.1. The monoisotopic (exact) mass is 1470 g/mol. The van der Waals surface area contributed by atoms with Crippen molar-refractivity contribution in [3.63, 3.8) is 0 Å². The van der Waals surface area contributed by atoms with Gasteiger partial charge in [0.1, 0.15) is 0 Å². The first-order valence-electron chi connectivity index (χ1n) is 44.2. The average molecular weight is 1470 g/mol. The van der Waals surface area contributed by atoms with Crippen LogP contribution in [0.25, 0.3) is 66.0 Å². The summed E-state index contributed by atoms with van der Waals surface area (Å²) in [4.78, 5) is 0. The fourth-order valence-electron chi connectivity index (χ4n) is 15.1. The fourth-order valence-corrected chi connectivity index (χ4v) is 15.1. The van der Waals surface area contributed by atoms with E-state index in [4.69, 9.17) is 37.9 Å². The van der Waals surface area contributed by atoms with Crippen molar-refractivity contribution in [2.45, 2.75) is 316 Å². The molecule has 108 heavy (non-hydrogen) atoms. The highest BCUT2D eigenvalue weighted by Gasteiger charge is 2.24. The highest BCUT2D eigenvalue weighted by atomic mass is 16.5. The van der Waals surface area contributed by atoms with Crippen LogP contribution in [0.4, 0.5) is 0 Å². The largest absolute Gasteiger partial charge is 0.489 e. The Morgan fingerprint density at radius 3 is 0.444 bits per heavy atom. The lowest BCUT2D eigenvalue weighted by molar-refractivity contribution is 0.199. The van der Waals surface area contributed by atoms with Crippen molar-refractivity contribution in [1.29, 1.82) is 0 Å². The van der Waals surface area contributed by atoms with Crippen molar-refractivity contribution in [2.75, 3.05) is 52.9 Å². The first kappa shape index (κ1) is 88.2. The first-order valence-corrected chi connectivity index (χ1v) is 44.2. The molecule has 8 heteroatoms. The summed E-state index contributed by atoms with van der Waals surface area (Å²) in [6.45, 7) is 41.2. The summed E-state index contributed by atoms with van der Waals surface area (Å²) in [5, 5.41) is 10.5. The van der Waals surface area contributed by atoms with Crippen LogP contribution in [0.3, 0.4) is 0 Å². The van der Waals surface area contributed by atoms with Crippen LogP contribution in [0.2, 0.25) is 0 Å². The molecule has 0 saturated heterocycles. The van der Waals surface area contributed by atoms with Crippen molar-refractivity contribution in [3.05, 3.63) is 92.3 Å². The van der Waals surface area contributed by atoms with E-state index in [0.29, 0.717) is 123 Å². The van der Waals surface area contributed by atoms with Gasteiger partial charge < -0.3 is 37.9 Å². The van der Waals surface area contributed by atoms with Gasteiger partial charge in [0.25, 0.3) is 0 Å². The number of hydrogen-bond donors (Lipinski definition) is 0. The van der Waals surface area contributed by atoms with Gasteiger partial charge in [0.2, 0.25) is 0 Å². The molecule has 0 heterocycles. The third-order valence-electron chi connectivity index (χ3n) is 23.5. The Morgan fingerprint density at radius 2 is 0.324 bits per heavy atom. The standard InChI is InChI=1S/C100H144O8/c1-17-33-45-73(25-9)65-101-93-57-85-81-53-41-42-55-83-84(56-44-43-54-82(81)86-58-94(102-66-74(26-10)46-34-18-2)98(106-70-78(30-14)50-38-22-6)62-90(86)89(85)61-97(93)105-69-77(29-13)49-37-21-5)88-60-96(104-68-76(28-12)48-36-20-4)100(108-72-80(32-16)52-40-24-8)64-92(88)91-63-99(107-71-79(31-15)51-39-23-7)95(59-87(83)91)103-67-75(27-11)47-35-19-3/h57-64,73-80H,17-40,45-52,65-72H2,1-16H3. The van der Waals surface area contributed by atoms with Gasteiger partial charge >= 0.3 is 0 Å². The molecule has 592 valence electrons. The Labute approximate surface area is 654 Å². The van der Waals surface area contributed by atoms with Gasteiger partial charge in [-0.2, -0.15) is 0 Å². The number of hydrogen-bond acceptors (Lipinski definition) is 8. The van der Waals surface area contributed by atoms with Gasteiger partial charge in [-0.05, 0) is 192 Å². The van der Waals surface area contributed by atoms with Crippen LogP contribution in [-0.2, 0) is 0 Å². The molecule has 1 aliphatic carbocycles. The molecule has 0 spiro atoms.